The molecule has 5 heteroatoms. The van der Waals surface area contributed by atoms with Crippen molar-refractivity contribution in [3.63, 3.8) is 0 Å². The number of carbonyl (C=O) groups is 1. The van der Waals surface area contributed by atoms with E-state index >= 15 is 0 Å². The number of carbonyl (C=O) groups excluding carboxylic acids is 1. The van der Waals surface area contributed by atoms with E-state index in [1.165, 1.54) is 18.2 Å². The first-order valence-corrected chi connectivity index (χ1v) is 6.25. The fourth-order valence-electron chi connectivity index (χ4n) is 2.16. The number of fused-ring (bicyclic) bond motifs is 1. The number of nitrogens with two attached hydrogens (primary N) is 1. The van der Waals surface area contributed by atoms with Gasteiger partial charge in [0.05, 0.1) is 18.0 Å². The van der Waals surface area contributed by atoms with Gasteiger partial charge in [-0.2, -0.15) is 0 Å². The van der Waals surface area contributed by atoms with Crippen LogP contribution < -0.4 is 15.8 Å². The Balaban J connectivity index is 1.84. The van der Waals surface area contributed by atoms with Crippen LogP contribution in [0.25, 0.3) is 0 Å². The van der Waals surface area contributed by atoms with Gasteiger partial charge in [0, 0.05) is 12.0 Å². The van der Waals surface area contributed by atoms with Gasteiger partial charge in [-0.3, -0.25) is 4.79 Å². The van der Waals surface area contributed by atoms with Crippen LogP contribution in [0, 0.1) is 5.82 Å². The summed E-state index contributed by atoms with van der Waals surface area (Å²) in [5.74, 6) is 0.0423. The topological polar surface area (TPSA) is 64.3 Å². The Morgan fingerprint density at radius 2 is 2.10 bits per heavy atom. The second kappa shape index (κ2) is 4.85. The third-order valence-corrected chi connectivity index (χ3v) is 3.22. The van der Waals surface area contributed by atoms with Crippen LogP contribution in [0.15, 0.2) is 36.4 Å². The third kappa shape index (κ3) is 2.30. The maximum Gasteiger partial charge on any atom is 0.255 e. The van der Waals surface area contributed by atoms with Crippen LogP contribution in [0.3, 0.4) is 0 Å². The summed E-state index contributed by atoms with van der Waals surface area (Å²) in [5, 5.41) is 2.61. The molecule has 0 saturated carbocycles. The number of hydrogen-bond acceptors (Lipinski definition) is 3. The minimum atomic E-state index is -0.447. The van der Waals surface area contributed by atoms with Crippen molar-refractivity contribution in [3.8, 4) is 5.75 Å². The molecule has 2 aromatic rings. The second-order valence-corrected chi connectivity index (χ2v) is 4.61. The minimum Gasteiger partial charge on any atom is -0.493 e. The highest BCUT2D eigenvalue weighted by Crippen LogP contribution is 2.26. The highest BCUT2D eigenvalue weighted by molar-refractivity contribution is 6.05. The lowest BCUT2D eigenvalue weighted by atomic mass is 10.1. The molecule has 1 amide bonds. The summed E-state index contributed by atoms with van der Waals surface area (Å²) in [6, 6.07) is 9.09. The summed E-state index contributed by atoms with van der Waals surface area (Å²) in [4.78, 5) is 12.1. The number of rotatable bonds is 2. The fourth-order valence-corrected chi connectivity index (χ4v) is 2.16. The van der Waals surface area contributed by atoms with Crippen molar-refractivity contribution in [3.05, 3.63) is 53.3 Å². The van der Waals surface area contributed by atoms with Gasteiger partial charge in [0.15, 0.2) is 0 Å². The summed E-state index contributed by atoms with van der Waals surface area (Å²) in [5.41, 5.74) is 7.80. The molecule has 1 aliphatic rings. The molecule has 0 atom stereocenters. The number of ether oxygens (including phenoxy) is 1. The fraction of sp³-hybridized carbons (Fsp3) is 0.133. The van der Waals surface area contributed by atoms with Gasteiger partial charge in [-0.15, -0.1) is 0 Å². The predicted molar refractivity (Wildman–Crippen MR) is 74.4 cm³/mol. The lowest BCUT2D eigenvalue weighted by molar-refractivity contribution is 0.102. The average Bonchev–Trinajstić information content (AvgIpc) is 2.90. The zero-order valence-electron chi connectivity index (χ0n) is 10.7. The highest BCUT2D eigenvalue weighted by atomic mass is 19.1. The number of anilines is 2. The molecular formula is C15H13FN2O2. The Hall–Kier alpha value is -2.56. The Labute approximate surface area is 115 Å². The molecule has 0 fully saturated rings. The molecule has 0 unspecified atom stereocenters. The first-order valence-electron chi connectivity index (χ1n) is 6.25. The predicted octanol–water partition coefficient (Wildman–Crippen LogP) is 2.60. The largest absolute Gasteiger partial charge is 0.493 e. The van der Waals surface area contributed by atoms with Gasteiger partial charge in [0.25, 0.3) is 5.91 Å². The molecule has 102 valence electrons. The molecule has 3 N–H and O–H groups in total. The summed E-state index contributed by atoms with van der Waals surface area (Å²) in [6.45, 7) is 0.636. The van der Waals surface area contributed by atoms with Crippen LogP contribution >= 0.6 is 0 Å². The molecule has 1 heterocycles. The molecule has 2 aromatic carbocycles. The van der Waals surface area contributed by atoms with Gasteiger partial charge in [0.1, 0.15) is 11.6 Å². The van der Waals surface area contributed by atoms with E-state index in [4.69, 9.17) is 10.5 Å². The van der Waals surface area contributed by atoms with Gasteiger partial charge < -0.3 is 15.8 Å². The number of nitrogen functional groups attached to an aromatic ring is 1. The Morgan fingerprint density at radius 3 is 2.95 bits per heavy atom. The molecule has 0 saturated heterocycles. The van der Waals surface area contributed by atoms with Crippen LogP contribution in [-0.2, 0) is 6.42 Å². The molecule has 20 heavy (non-hydrogen) atoms. The number of hydrogen-bond donors (Lipinski definition) is 2. The van der Waals surface area contributed by atoms with E-state index in [-0.39, 0.29) is 11.6 Å². The van der Waals surface area contributed by atoms with E-state index < -0.39 is 5.82 Å². The molecule has 0 bridgehead atoms. The quantitative estimate of drug-likeness (QED) is 0.826. The first kappa shape index (κ1) is 12.5. The third-order valence-electron chi connectivity index (χ3n) is 3.22. The summed E-state index contributed by atoms with van der Waals surface area (Å²) >= 11 is 0. The van der Waals surface area contributed by atoms with Crippen molar-refractivity contribution in [1.29, 1.82) is 0 Å². The van der Waals surface area contributed by atoms with E-state index in [2.05, 4.69) is 5.32 Å². The van der Waals surface area contributed by atoms with E-state index in [1.807, 2.05) is 0 Å². The van der Waals surface area contributed by atoms with E-state index in [0.29, 0.717) is 17.9 Å². The van der Waals surface area contributed by atoms with Crippen molar-refractivity contribution in [1.82, 2.24) is 0 Å². The smallest absolute Gasteiger partial charge is 0.255 e. The van der Waals surface area contributed by atoms with Crippen molar-refractivity contribution >= 4 is 17.3 Å². The lowest BCUT2D eigenvalue weighted by Gasteiger charge is -2.09. The maximum absolute atomic E-state index is 13.2. The normalized spacial score (nSPS) is 12.7. The molecule has 1 aliphatic heterocycles. The summed E-state index contributed by atoms with van der Waals surface area (Å²) < 4.78 is 18.5. The van der Waals surface area contributed by atoms with Crippen LogP contribution in [-0.4, -0.2) is 12.5 Å². The van der Waals surface area contributed by atoms with Crippen LogP contribution in [0.2, 0.25) is 0 Å². The molecule has 0 spiro atoms. The van der Waals surface area contributed by atoms with Crippen molar-refractivity contribution in [2.75, 3.05) is 17.7 Å². The molecule has 4 nitrogen and oxygen atoms in total. The summed E-state index contributed by atoms with van der Waals surface area (Å²) in [7, 11) is 0. The molecular weight excluding hydrogens is 259 g/mol. The van der Waals surface area contributed by atoms with Crippen molar-refractivity contribution in [2.45, 2.75) is 6.42 Å². The van der Waals surface area contributed by atoms with Crippen molar-refractivity contribution < 1.29 is 13.9 Å². The number of nitrogens with one attached hydrogen (secondary N) is 1. The standard InChI is InChI=1S/C15H13FN2O2/c16-11-2-3-12(17)13(8-11)18-15(19)10-1-4-14-9(7-10)5-6-20-14/h1-4,7-8H,5-6,17H2,(H,18,19). The lowest BCUT2D eigenvalue weighted by Crippen LogP contribution is -2.13. The van der Waals surface area contributed by atoms with Gasteiger partial charge in [-0.25, -0.2) is 4.39 Å². The molecule has 0 aliphatic carbocycles. The Bertz CT molecular complexity index is 686. The molecule has 0 aromatic heterocycles. The van der Waals surface area contributed by atoms with Crippen LogP contribution in [0.1, 0.15) is 15.9 Å². The van der Waals surface area contributed by atoms with Gasteiger partial charge >= 0.3 is 0 Å². The molecule has 3 rings (SSSR count). The van der Waals surface area contributed by atoms with Crippen LogP contribution in [0.5, 0.6) is 5.75 Å². The Morgan fingerprint density at radius 1 is 1.25 bits per heavy atom. The first-order chi connectivity index (χ1) is 9.63. The van der Waals surface area contributed by atoms with Gasteiger partial charge in [-0.05, 0) is 42.0 Å². The van der Waals surface area contributed by atoms with E-state index in [9.17, 15) is 9.18 Å². The number of amides is 1. The number of benzene rings is 2. The maximum atomic E-state index is 13.2. The van der Waals surface area contributed by atoms with E-state index in [1.54, 1.807) is 18.2 Å². The zero-order chi connectivity index (χ0) is 14.1. The zero-order valence-corrected chi connectivity index (χ0v) is 10.7. The molecule has 0 radical (unpaired) electrons. The minimum absolute atomic E-state index is 0.270. The average molecular weight is 272 g/mol. The van der Waals surface area contributed by atoms with E-state index in [0.717, 1.165) is 17.7 Å². The van der Waals surface area contributed by atoms with Crippen LogP contribution in [0.4, 0.5) is 15.8 Å². The monoisotopic (exact) mass is 272 g/mol. The van der Waals surface area contributed by atoms with Gasteiger partial charge in [0.2, 0.25) is 0 Å². The Kier molecular flexibility index (Phi) is 3.02. The highest BCUT2D eigenvalue weighted by Gasteiger charge is 2.15. The number of halogens is 1. The SMILES string of the molecule is Nc1ccc(F)cc1NC(=O)c1ccc2c(c1)CCO2. The second-order valence-electron chi connectivity index (χ2n) is 4.61. The van der Waals surface area contributed by atoms with Crippen molar-refractivity contribution in [2.24, 2.45) is 0 Å². The summed E-state index contributed by atoms with van der Waals surface area (Å²) in [6.07, 6.45) is 0.790. The van der Waals surface area contributed by atoms with Gasteiger partial charge in [-0.1, -0.05) is 0 Å².